The lowest BCUT2D eigenvalue weighted by molar-refractivity contribution is 0.101. The Morgan fingerprint density at radius 2 is 1.90 bits per heavy atom. The van der Waals surface area contributed by atoms with Crippen LogP contribution in [-0.4, -0.2) is 36.1 Å². The fourth-order valence-electron chi connectivity index (χ4n) is 3.17. The van der Waals surface area contributed by atoms with Crippen LogP contribution in [0.15, 0.2) is 48.9 Å². The topological polar surface area (TPSA) is 94.2 Å². The maximum atomic E-state index is 12.8. The van der Waals surface area contributed by atoms with Crippen molar-refractivity contribution in [2.75, 3.05) is 5.32 Å². The highest BCUT2D eigenvalue weighted by Gasteiger charge is 2.18. The van der Waals surface area contributed by atoms with Gasteiger partial charge in [0.05, 0.1) is 17.6 Å². The van der Waals surface area contributed by atoms with E-state index in [-0.39, 0.29) is 11.7 Å². The number of Topliss-reactive ketones (excluding diaryl/α,β-unsaturated/α-hetero) is 1. The smallest absolute Gasteiger partial charge is 0.261 e. The molecule has 0 saturated carbocycles. The van der Waals surface area contributed by atoms with Crippen molar-refractivity contribution in [1.29, 1.82) is 0 Å². The molecule has 3 heterocycles. The molecule has 0 unspecified atom stereocenters. The van der Waals surface area contributed by atoms with E-state index >= 15 is 0 Å². The lowest BCUT2D eigenvalue weighted by Crippen LogP contribution is -2.12. The van der Waals surface area contributed by atoms with Crippen LogP contribution in [0.25, 0.3) is 16.9 Å². The van der Waals surface area contributed by atoms with E-state index in [4.69, 9.17) is 0 Å². The number of anilines is 1. The molecule has 0 fully saturated rings. The van der Waals surface area contributed by atoms with E-state index in [2.05, 4.69) is 20.5 Å². The summed E-state index contributed by atoms with van der Waals surface area (Å²) in [6.07, 6.45) is 5.13. The molecule has 0 aliphatic heterocycles. The highest BCUT2D eigenvalue weighted by Crippen LogP contribution is 2.24. The van der Waals surface area contributed by atoms with Gasteiger partial charge in [-0.2, -0.15) is 10.2 Å². The number of nitrogens with one attached hydrogen (secondary N) is 1. The molecule has 0 spiro atoms. The number of rotatable bonds is 5. The first-order chi connectivity index (χ1) is 14.0. The first-order valence-corrected chi connectivity index (χ1v) is 9.27. The molecule has 4 aromatic rings. The number of aromatic nitrogens is 5. The van der Waals surface area contributed by atoms with Crippen molar-refractivity contribution in [3.05, 3.63) is 65.7 Å². The van der Waals surface area contributed by atoms with Gasteiger partial charge in [-0.15, -0.1) is 0 Å². The van der Waals surface area contributed by atoms with Gasteiger partial charge in [0.1, 0.15) is 5.56 Å². The standard InChI is InChI=1S/C21H20N6O2/c1-4-26-12-18(13(2)25-26)19-9-10-22-20-17(11-23-27(19)20)21(29)24-16-7-5-15(6-8-16)14(3)28/h5-12H,4H2,1-3H3,(H,24,29). The number of carbonyl (C=O) groups excluding carboxylic acids is 2. The number of aryl methyl sites for hydroxylation is 2. The first kappa shape index (κ1) is 18.5. The summed E-state index contributed by atoms with van der Waals surface area (Å²) in [5.41, 5.74) is 4.65. The van der Waals surface area contributed by atoms with Gasteiger partial charge in [0.15, 0.2) is 11.4 Å². The minimum absolute atomic E-state index is 0.0241. The summed E-state index contributed by atoms with van der Waals surface area (Å²) in [5, 5.41) is 11.7. The van der Waals surface area contributed by atoms with Crippen molar-refractivity contribution in [1.82, 2.24) is 24.4 Å². The van der Waals surface area contributed by atoms with E-state index in [1.807, 2.05) is 30.8 Å². The predicted molar refractivity (Wildman–Crippen MR) is 109 cm³/mol. The lowest BCUT2D eigenvalue weighted by Gasteiger charge is -2.06. The number of hydrogen-bond donors (Lipinski definition) is 1. The van der Waals surface area contributed by atoms with Crippen LogP contribution in [0.4, 0.5) is 5.69 Å². The Bertz CT molecular complexity index is 1220. The number of hydrogen-bond acceptors (Lipinski definition) is 5. The van der Waals surface area contributed by atoms with Crippen molar-refractivity contribution in [2.24, 2.45) is 0 Å². The van der Waals surface area contributed by atoms with Gasteiger partial charge in [-0.25, -0.2) is 9.50 Å². The molecule has 0 saturated heterocycles. The SMILES string of the molecule is CCn1cc(-c2ccnc3c(C(=O)Nc4ccc(C(C)=O)cc4)cnn23)c(C)n1. The summed E-state index contributed by atoms with van der Waals surface area (Å²) in [6.45, 7) is 6.24. The van der Waals surface area contributed by atoms with E-state index in [0.29, 0.717) is 22.5 Å². The molecule has 0 aliphatic carbocycles. The van der Waals surface area contributed by atoms with Crippen LogP contribution in [0, 0.1) is 6.92 Å². The zero-order valence-corrected chi connectivity index (χ0v) is 16.4. The molecule has 1 amide bonds. The third-order valence-corrected chi connectivity index (χ3v) is 4.74. The van der Waals surface area contributed by atoms with E-state index < -0.39 is 0 Å². The molecule has 8 heteroatoms. The molecular weight excluding hydrogens is 368 g/mol. The van der Waals surface area contributed by atoms with Crippen LogP contribution in [0.2, 0.25) is 0 Å². The number of ketones is 1. The fraction of sp³-hybridized carbons (Fsp3) is 0.190. The molecule has 0 atom stereocenters. The Kier molecular flexibility index (Phi) is 4.67. The Morgan fingerprint density at radius 3 is 2.55 bits per heavy atom. The number of nitrogens with zero attached hydrogens (tertiary/aromatic N) is 5. The second-order valence-electron chi connectivity index (χ2n) is 6.70. The quantitative estimate of drug-likeness (QED) is 0.529. The van der Waals surface area contributed by atoms with Gasteiger partial charge in [0.25, 0.3) is 5.91 Å². The zero-order valence-electron chi connectivity index (χ0n) is 16.4. The second-order valence-corrected chi connectivity index (χ2v) is 6.70. The minimum Gasteiger partial charge on any atom is -0.322 e. The van der Waals surface area contributed by atoms with E-state index in [1.54, 1.807) is 35.0 Å². The molecule has 1 N–H and O–H groups in total. The summed E-state index contributed by atoms with van der Waals surface area (Å²) in [5.74, 6) is -0.342. The van der Waals surface area contributed by atoms with E-state index in [9.17, 15) is 9.59 Å². The van der Waals surface area contributed by atoms with Crippen molar-refractivity contribution in [2.45, 2.75) is 27.3 Å². The third kappa shape index (κ3) is 3.40. The average molecular weight is 388 g/mol. The number of benzene rings is 1. The van der Waals surface area contributed by atoms with Crippen LogP contribution in [0.5, 0.6) is 0 Å². The van der Waals surface area contributed by atoms with Crippen molar-refractivity contribution >= 4 is 23.0 Å². The van der Waals surface area contributed by atoms with Crippen molar-refractivity contribution in [3.63, 3.8) is 0 Å². The van der Waals surface area contributed by atoms with Crippen molar-refractivity contribution in [3.8, 4) is 11.3 Å². The summed E-state index contributed by atoms with van der Waals surface area (Å²) in [4.78, 5) is 28.5. The molecule has 3 aromatic heterocycles. The highest BCUT2D eigenvalue weighted by molar-refractivity contribution is 6.08. The molecule has 146 valence electrons. The van der Waals surface area contributed by atoms with Crippen LogP contribution < -0.4 is 5.32 Å². The van der Waals surface area contributed by atoms with Crippen molar-refractivity contribution < 1.29 is 9.59 Å². The molecule has 29 heavy (non-hydrogen) atoms. The largest absolute Gasteiger partial charge is 0.322 e. The monoisotopic (exact) mass is 388 g/mol. The summed E-state index contributed by atoms with van der Waals surface area (Å²) >= 11 is 0. The van der Waals surface area contributed by atoms with Crippen LogP contribution in [0.3, 0.4) is 0 Å². The average Bonchev–Trinajstić information content (AvgIpc) is 3.31. The third-order valence-electron chi connectivity index (χ3n) is 4.74. The van der Waals surface area contributed by atoms with Gasteiger partial charge in [-0.05, 0) is 51.1 Å². The minimum atomic E-state index is -0.318. The van der Waals surface area contributed by atoms with Gasteiger partial charge >= 0.3 is 0 Å². The Morgan fingerprint density at radius 1 is 1.14 bits per heavy atom. The summed E-state index contributed by atoms with van der Waals surface area (Å²) in [7, 11) is 0. The van der Waals surface area contributed by atoms with Gasteiger partial charge in [-0.1, -0.05) is 0 Å². The number of fused-ring (bicyclic) bond motifs is 1. The lowest BCUT2D eigenvalue weighted by atomic mass is 10.1. The molecular formula is C21H20N6O2. The summed E-state index contributed by atoms with van der Waals surface area (Å²) < 4.78 is 3.51. The van der Waals surface area contributed by atoms with Gasteiger partial charge < -0.3 is 5.32 Å². The van der Waals surface area contributed by atoms with Gasteiger partial charge in [0.2, 0.25) is 0 Å². The number of carbonyl (C=O) groups is 2. The highest BCUT2D eigenvalue weighted by atomic mass is 16.1. The maximum Gasteiger partial charge on any atom is 0.261 e. The van der Waals surface area contributed by atoms with Gasteiger partial charge in [-0.3, -0.25) is 14.3 Å². The molecule has 8 nitrogen and oxygen atoms in total. The number of amides is 1. The van der Waals surface area contributed by atoms with Crippen LogP contribution >= 0.6 is 0 Å². The van der Waals surface area contributed by atoms with Crippen LogP contribution in [0.1, 0.15) is 40.3 Å². The molecule has 0 aliphatic rings. The normalized spacial score (nSPS) is 11.0. The van der Waals surface area contributed by atoms with E-state index in [0.717, 1.165) is 23.5 Å². The zero-order chi connectivity index (χ0) is 20.5. The Hall–Kier alpha value is -3.81. The van der Waals surface area contributed by atoms with E-state index in [1.165, 1.54) is 13.1 Å². The predicted octanol–water partition coefficient (Wildman–Crippen LogP) is 3.38. The first-order valence-electron chi connectivity index (χ1n) is 9.27. The Balaban J connectivity index is 1.67. The van der Waals surface area contributed by atoms with Gasteiger partial charge in [0, 0.05) is 35.8 Å². The molecule has 1 aromatic carbocycles. The summed E-state index contributed by atoms with van der Waals surface area (Å²) in [6, 6.07) is 8.60. The molecule has 4 rings (SSSR count). The maximum absolute atomic E-state index is 12.8. The molecule has 0 radical (unpaired) electrons. The second kappa shape index (κ2) is 7.31. The Labute approximate surface area is 167 Å². The molecule has 0 bridgehead atoms. The van der Waals surface area contributed by atoms with Crippen LogP contribution in [-0.2, 0) is 6.54 Å². The fourth-order valence-corrected chi connectivity index (χ4v) is 3.17.